The molecule has 0 bridgehead atoms. The van der Waals surface area contributed by atoms with E-state index in [0.717, 1.165) is 25.4 Å². The number of likely N-dealkylation sites (tertiary alicyclic amines) is 1. The highest BCUT2D eigenvalue weighted by molar-refractivity contribution is 4.87. The number of nitrogens with zero attached hydrogens (tertiary/aromatic N) is 1. The Morgan fingerprint density at radius 1 is 1.28 bits per heavy atom. The van der Waals surface area contributed by atoms with Gasteiger partial charge in [-0.1, -0.05) is 20.3 Å². The van der Waals surface area contributed by atoms with Crippen LogP contribution in [0.3, 0.4) is 0 Å². The van der Waals surface area contributed by atoms with Crippen LogP contribution in [0.15, 0.2) is 0 Å². The molecule has 2 N–H and O–H groups in total. The molecule has 18 heavy (non-hydrogen) atoms. The molecular weight excluding hydrogens is 224 g/mol. The van der Waals surface area contributed by atoms with Crippen molar-refractivity contribution >= 4 is 0 Å². The molecule has 0 aromatic carbocycles. The largest absolute Gasteiger partial charge is 0.394 e. The van der Waals surface area contributed by atoms with Crippen molar-refractivity contribution in [2.75, 3.05) is 32.8 Å². The Hall–Kier alpha value is -0.120. The van der Waals surface area contributed by atoms with Crippen molar-refractivity contribution in [3.05, 3.63) is 0 Å². The van der Waals surface area contributed by atoms with Crippen LogP contribution < -0.4 is 5.32 Å². The van der Waals surface area contributed by atoms with E-state index in [0.29, 0.717) is 0 Å². The lowest BCUT2D eigenvalue weighted by Gasteiger charge is -2.34. The summed E-state index contributed by atoms with van der Waals surface area (Å²) in [5, 5.41) is 13.1. The van der Waals surface area contributed by atoms with E-state index in [9.17, 15) is 5.11 Å². The molecule has 0 spiro atoms. The van der Waals surface area contributed by atoms with E-state index in [2.05, 4.69) is 31.0 Å². The quantitative estimate of drug-likeness (QED) is 0.733. The summed E-state index contributed by atoms with van der Waals surface area (Å²) in [6, 6.07) is 0. The zero-order valence-electron chi connectivity index (χ0n) is 12.5. The van der Waals surface area contributed by atoms with Gasteiger partial charge in [0.15, 0.2) is 0 Å². The van der Waals surface area contributed by atoms with E-state index >= 15 is 0 Å². The van der Waals surface area contributed by atoms with Crippen LogP contribution >= 0.6 is 0 Å². The van der Waals surface area contributed by atoms with E-state index < -0.39 is 0 Å². The Bertz CT molecular complexity index is 223. The van der Waals surface area contributed by atoms with Gasteiger partial charge >= 0.3 is 0 Å². The smallest absolute Gasteiger partial charge is 0.0623 e. The summed E-state index contributed by atoms with van der Waals surface area (Å²) in [6.07, 6.45) is 6.46. The van der Waals surface area contributed by atoms with Crippen molar-refractivity contribution < 1.29 is 5.11 Å². The lowest BCUT2D eigenvalue weighted by Crippen LogP contribution is -2.54. The zero-order chi connectivity index (χ0) is 13.4. The molecule has 1 rings (SSSR count). The van der Waals surface area contributed by atoms with Crippen LogP contribution in [0.25, 0.3) is 0 Å². The molecule has 0 aliphatic carbocycles. The first-order valence-corrected chi connectivity index (χ1v) is 7.71. The highest BCUT2D eigenvalue weighted by Crippen LogP contribution is 2.21. The molecule has 0 aromatic rings. The fraction of sp³-hybridized carbons (Fsp3) is 1.00. The summed E-state index contributed by atoms with van der Waals surface area (Å²) < 4.78 is 0. The summed E-state index contributed by atoms with van der Waals surface area (Å²) >= 11 is 0. The first kappa shape index (κ1) is 15.9. The SMILES string of the molecule is CCCNC(C)(CO)CN1CCCC(CC)CC1. The molecule has 0 saturated carbocycles. The van der Waals surface area contributed by atoms with Gasteiger partial charge in [-0.05, 0) is 58.2 Å². The van der Waals surface area contributed by atoms with Crippen molar-refractivity contribution in [3.63, 3.8) is 0 Å². The molecule has 3 heteroatoms. The van der Waals surface area contributed by atoms with Crippen LogP contribution in [0.1, 0.15) is 52.9 Å². The third-order valence-electron chi connectivity index (χ3n) is 4.24. The van der Waals surface area contributed by atoms with Gasteiger partial charge in [0.2, 0.25) is 0 Å². The molecule has 3 nitrogen and oxygen atoms in total. The van der Waals surface area contributed by atoms with Crippen molar-refractivity contribution in [2.45, 2.75) is 58.4 Å². The van der Waals surface area contributed by atoms with Crippen LogP contribution in [0.2, 0.25) is 0 Å². The summed E-state index contributed by atoms with van der Waals surface area (Å²) in [5.41, 5.74) is -0.137. The number of rotatable bonds is 7. The molecule has 2 atom stereocenters. The number of nitrogens with one attached hydrogen (secondary N) is 1. The summed E-state index contributed by atoms with van der Waals surface area (Å²) in [6.45, 7) is 11.2. The van der Waals surface area contributed by atoms with Gasteiger partial charge < -0.3 is 15.3 Å². The first-order valence-electron chi connectivity index (χ1n) is 7.71. The minimum atomic E-state index is -0.137. The third-order valence-corrected chi connectivity index (χ3v) is 4.24. The van der Waals surface area contributed by atoms with E-state index in [-0.39, 0.29) is 12.1 Å². The van der Waals surface area contributed by atoms with E-state index in [4.69, 9.17) is 0 Å². The van der Waals surface area contributed by atoms with Crippen molar-refractivity contribution in [1.29, 1.82) is 0 Å². The highest BCUT2D eigenvalue weighted by atomic mass is 16.3. The van der Waals surface area contributed by atoms with E-state index in [1.165, 1.54) is 38.8 Å². The van der Waals surface area contributed by atoms with E-state index in [1.54, 1.807) is 0 Å². The van der Waals surface area contributed by atoms with Crippen LogP contribution in [-0.4, -0.2) is 48.3 Å². The van der Waals surface area contributed by atoms with Crippen molar-refractivity contribution in [3.8, 4) is 0 Å². The predicted octanol–water partition coefficient (Wildman–Crippen LogP) is 2.25. The van der Waals surface area contributed by atoms with Crippen LogP contribution in [0.4, 0.5) is 0 Å². The van der Waals surface area contributed by atoms with Gasteiger partial charge in [-0.2, -0.15) is 0 Å². The molecule has 0 amide bonds. The third kappa shape index (κ3) is 5.25. The van der Waals surface area contributed by atoms with Gasteiger partial charge in [-0.3, -0.25) is 0 Å². The number of aliphatic hydroxyl groups is 1. The molecule has 1 aliphatic heterocycles. The maximum atomic E-state index is 9.62. The molecule has 1 aliphatic rings. The number of aliphatic hydroxyl groups excluding tert-OH is 1. The van der Waals surface area contributed by atoms with E-state index in [1.807, 2.05) is 0 Å². The van der Waals surface area contributed by atoms with Gasteiger partial charge in [-0.15, -0.1) is 0 Å². The lowest BCUT2D eigenvalue weighted by atomic mass is 9.98. The maximum Gasteiger partial charge on any atom is 0.0623 e. The molecule has 0 aromatic heterocycles. The van der Waals surface area contributed by atoms with Gasteiger partial charge in [0.1, 0.15) is 0 Å². The zero-order valence-corrected chi connectivity index (χ0v) is 12.5. The minimum Gasteiger partial charge on any atom is -0.394 e. The maximum absolute atomic E-state index is 9.62. The fourth-order valence-corrected chi connectivity index (χ4v) is 2.87. The van der Waals surface area contributed by atoms with Gasteiger partial charge in [-0.25, -0.2) is 0 Å². The first-order chi connectivity index (χ1) is 8.63. The average molecular weight is 256 g/mol. The number of hydrogen-bond acceptors (Lipinski definition) is 3. The van der Waals surface area contributed by atoms with Gasteiger partial charge in [0.05, 0.1) is 12.1 Å². The summed E-state index contributed by atoms with van der Waals surface area (Å²) in [5.74, 6) is 0.916. The predicted molar refractivity (Wildman–Crippen MR) is 77.9 cm³/mol. The second-order valence-electron chi connectivity index (χ2n) is 6.13. The monoisotopic (exact) mass is 256 g/mol. The molecule has 1 heterocycles. The number of hydrogen-bond donors (Lipinski definition) is 2. The molecular formula is C15H32N2O. The van der Waals surface area contributed by atoms with Crippen LogP contribution in [0, 0.1) is 5.92 Å². The molecule has 108 valence electrons. The Morgan fingerprint density at radius 2 is 2.06 bits per heavy atom. The Balaban J connectivity index is 2.43. The molecule has 1 saturated heterocycles. The molecule has 2 unspecified atom stereocenters. The highest BCUT2D eigenvalue weighted by Gasteiger charge is 2.26. The fourth-order valence-electron chi connectivity index (χ4n) is 2.87. The summed E-state index contributed by atoms with van der Waals surface area (Å²) in [4.78, 5) is 2.54. The second kappa shape index (κ2) is 8.13. The summed E-state index contributed by atoms with van der Waals surface area (Å²) in [7, 11) is 0. The second-order valence-corrected chi connectivity index (χ2v) is 6.13. The van der Waals surface area contributed by atoms with Crippen LogP contribution in [-0.2, 0) is 0 Å². The Labute approximate surface area is 113 Å². The van der Waals surface area contributed by atoms with Gasteiger partial charge in [0, 0.05) is 6.54 Å². The lowest BCUT2D eigenvalue weighted by molar-refractivity contribution is 0.121. The molecule has 1 fully saturated rings. The average Bonchev–Trinajstić information content (AvgIpc) is 2.61. The topological polar surface area (TPSA) is 35.5 Å². The van der Waals surface area contributed by atoms with Gasteiger partial charge in [0.25, 0.3) is 0 Å². The normalized spacial score (nSPS) is 25.7. The Kier molecular flexibility index (Phi) is 7.20. The van der Waals surface area contributed by atoms with Crippen molar-refractivity contribution in [1.82, 2.24) is 10.2 Å². The molecule has 0 radical (unpaired) electrons. The van der Waals surface area contributed by atoms with Crippen LogP contribution in [0.5, 0.6) is 0 Å². The van der Waals surface area contributed by atoms with Crippen molar-refractivity contribution in [2.24, 2.45) is 5.92 Å². The Morgan fingerprint density at radius 3 is 2.67 bits per heavy atom. The standard InChI is InChI=1S/C15H32N2O/c1-4-9-16-15(3,13-18)12-17-10-6-7-14(5-2)8-11-17/h14,16,18H,4-13H2,1-3H3. The minimum absolute atomic E-state index is 0.137.